The zero-order valence-corrected chi connectivity index (χ0v) is 7.69. The molecule has 3 aromatic rings. The van der Waals surface area contributed by atoms with Gasteiger partial charge in [-0.05, 0) is 31.2 Å². The molecule has 0 saturated carbocycles. The molecule has 0 aliphatic heterocycles. The molecule has 0 bridgehead atoms. The highest BCUT2D eigenvalue weighted by Crippen LogP contribution is 2.25. The normalized spacial score (nSPS) is 11.2. The van der Waals surface area contributed by atoms with Gasteiger partial charge in [-0.25, -0.2) is 9.97 Å². The van der Waals surface area contributed by atoms with Crippen molar-refractivity contribution in [3.63, 3.8) is 0 Å². The maximum Gasteiger partial charge on any atom is 0.229 e. The third-order valence-electron chi connectivity index (χ3n) is 2.25. The summed E-state index contributed by atoms with van der Waals surface area (Å²) < 4.78 is 5.51. The van der Waals surface area contributed by atoms with Crippen LogP contribution in [0.4, 0.5) is 0 Å². The zero-order valence-electron chi connectivity index (χ0n) is 7.69. The van der Waals surface area contributed by atoms with E-state index in [0.29, 0.717) is 11.4 Å². The molecule has 3 heteroatoms. The van der Waals surface area contributed by atoms with Crippen molar-refractivity contribution in [1.82, 2.24) is 9.97 Å². The second kappa shape index (κ2) is 2.54. The van der Waals surface area contributed by atoms with Crippen molar-refractivity contribution in [3.05, 3.63) is 36.2 Å². The van der Waals surface area contributed by atoms with Crippen LogP contribution in [0.2, 0.25) is 0 Å². The predicted molar refractivity (Wildman–Crippen MR) is 54.0 cm³/mol. The summed E-state index contributed by atoms with van der Waals surface area (Å²) in [6.45, 7) is 1.94. The minimum atomic E-state index is 0.653. The van der Waals surface area contributed by atoms with Crippen LogP contribution in [0.3, 0.4) is 0 Å². The quantitative estimate of drug-likeness (QED) is 0.539. The molecule has 3 nitrogen and oxygen atoms in total. The molecular formula is C11H8N2O. The summed E-state index contributed by atoms with van der Waals surface area (Å²) in [7, 11) is 0. The zero-order chi connectivity index (χ0) is 9.54. The van der Waals surface area contributed by atoms with Gasteiger partial charge in [0.1, 0.15) is 0 Å². The molecule has 0 aromatic carbocycles. The Morgan fingerprint density at radius 1 is 1.07 bits per heavy atom. The monoisotopic (exact) mass is 184 g/mol. The van der Waals surface area contributed by atoms with E-state index in [9.17, 15) is 0 Å². The lowest BCUT2D eigenvalue weighted by Crippen LogP contribution is -1.77. The van der Waals surface area contributed by atoms with E-state index in [1.807, 2.05) is 31.2 Å². The number of hydrogen-bond donors (Lipinski definition) is 0. The summed E-state index contributed by atoms with van der Waals surface area (Å²) in [5.41, 5.74) is 2.27. The molecule has 0 aliphatic carbocycles. The summed E-state index contributed by atoms with van der Waals surface area (Å²) in [5, 5.41) is 2.05. The Morgan fingerprint density at radius 2 is 1.93 bits per heavy atom. The molecule has 68 valence electrons. The van der Waals surface area contributed by atoms with Crippen LogP contribution in [0.15, 0.2) is 34.9 Å². The first-order valence-corrected chi connectivity index (χ1v) is 4.45. The van der Waals surface area contributed by atoms with Crippen LogP contribution in [0.5, 0.6) is 0 Å². The van der Waals surface area contributed by atoms with Gasteiger partial charge in [0.15, 0.2) is 0 Å². The molecule has 3 heterocycles. The van der Waals surface area contributed by atoms with Gasteiger partial charge in [-0.15, -0.1) is 0 Å². The Kier molecular flexibility index (Phi) is 1.36. The summed E-state index contributed by atoms with van der Waals surface area (Å²) in [5.74, 6) is 0. The number of hydrogen-bond acceptors (Lipinski definition) is 3. The second-order valence-corrected chi connectivity index (χ2v) is 3.26. The summed E-state index contributed by atoms with van der Waals surface area (Å²) in [6, 6.07) is 7.89. The molecule has 0 radical (unpaired) electrons. The second-order valence-electron chi connectivity index (χ2n) is 3.26. The fourth-order valence-corrected chi connectivity index (χ4v) is 1.58. The number of pyridine rings is 2. The van der Waals surface area contributed by atoms with E-state index < -0.39 is 0 Å². The van der Waals surface area contributed by atoms with Crippen LogP contribution in [0.25, 0.3) is 22.2 Å². The van der Waals surface area contributed by atoms with Crippen LogP contribution < -0.4 is 0 Å². The first-order chi connectivity index (χ1) is 6.84. The van der Waals surface area contributed by atoms with Crippen molar-refractivity contribution in [2.24, 2.45) is 0 Å². The third kappa shape index (κ3) is 0.923. The standard InChI is InChI=1S/C11H8N2O/c1-7-4-5-9-8-3-2-6-12-10(8)14-11(9)13-7/h2-6H,1H3. The van der Waals surface area contributed by atoms with Gasteiger partial charge in [-0.1, -0.05) is 0 Å². The summed E-state index contributed by atoms with van der Waals surface area (Å²) >= 11 is 0. The average Bonchev–Trinajstić information content (AvgIpc) is 2.54. The van der Waals surface area contributed by atoms with Gasteiger partial charge in [-0.2, -0.15) is 0 Å². The summed E-state index contributed by atoms with van der Waals surface area (Å²) in [6.07, 6.45) is 1.72. The van der Waals surface area contributed by atoms with Crippen molar-refractivity contribution in [3.8, 4) is 0 Å². The maximum atomic E-state index is 5.51. The number of nitrogens with zero attached hydrogens (tertiary/aromatic N) is 2. The summed E-state index contributed by atoms with van der Waals surface area (Å²) in [4.78, 5) is 8.45. The number of aromatic nitrogens is 2. The Bertz CT molecular complexity index is 613. The minimum absolute atomic E-state index is 0.653. The van der Waals surface area contributed by atoms with Crippen molar-refractivity contribution >= 4 is 22.2 Å². The van der Waals surface area contributed by atoms with Gasteiger partial charge in [0, 0.05) is 22.7 Å². The predicted octanol–water partition coefficient (Wildman–Crippen LogP) is 2.68. The smallest absolute Gasteiger partial charge is 0.229 e. The van der Waals surface area contributed by atoms with Gasteiger partial charge in [0.05, 0.1) is 0 Å². The highest BCUT2D eigenvalue weighted by atomic mass is 16.3. The minimum Gasteiger partial charge on any atom is -0.419 e. The Labute approximate surface area is 80.4 Å². The van der Waals surface area contributed by atoms with E-state index in [1.165, 1.54) is 0 Å². The largest absolute Gasteiger partial charge is 0.419 e. The highest BCUT2D eigenvalue weighted by molar-refractivity contribution is 6.01. The number of furan rings is 1. The van der Waals surface area contributed by atoms with Gasteiger partial charge >= 0.3 is 0 Å². The Balaban J connectivity index is 2.57. The Morgan fingerprint density at radius 3 is 2.86 bits per heavy atom. The van der Waals surface area contributed by atoms with E-state index in [4.69, 9.17) is 4.42 Å². The molecule has 0 amide bonds. The van der Waals surface area contributed by atoms with Gasteiger partial charge in [0.2, 0.25) is 11.4 Å². The fraction of sp³-hybridized carbons (Fsp3) is 0.0909. The molecule has 0 saturated heterocycles. The molecule has 3 rings (SSSR count). The van der Waals surface area contributed by atoms with Crippen molar-refractivity contribution in [2.75, 3.05) is 0 Å². The molecule has 3 aromatic heterocycles. The van der Waals surface area contributed by atoms with E-state index in [-0.39, 0.29) is 0 Å². The first-order valence-electron chi connectivity index (χ1n) is 4.45. The number of aryl methyl sites for hydroxylation is 1. The number of fused-ring (bicyclic) bond motifs is 3. The molecular weight excluding hydrogens is 176 g/mol. The van der Waals surface area contributed by atoms with Gasteiger partial charge in [-0.3, -0.25) is 0 Å². The van der Waals surface area contributed by atoms with Crippen molar-refractivity contribution in [2.45, 2.75) is 6.92 Å². The van der Waals surface area contributed by atoms with Crippen LogP contribution in [0.1, 0.15) is 5.69 Å². The van der Waals surface area contributed by atoms with Gasteiger partial charge < -0.3 is 4.42 Å². The molecule has 0 aliphatic rings. The molecule has 0 atom stereocenters. The van der Waals surface area contributed by atoms with Crippen LogP contribution >= 0.6 is 0 Å². The lowest BCUT2D eigenvalue weighted by molar-refractivity contribution is 0.639. The SMILES string of the molecule is Cc1ccc2c(n1)oc1ncccc12. The Hall–Kier alpha value is -1.90. The van der Waals surface area contributed by atoms with E-state index >= 15 is 0 Å². The maximum absolute atomic E-state index is 5.51. The topological polar surface area (TPSA) is 38.9 Å². The average molecular weight is 184 g/mol. The van der Waals surface area contributed by atoms with E-state index in [0.717, 1.165) is 16.5 Å². The number of rotatable bonds is 0. The molecule has 0 fully saturated rings. The van der Waals surface area contributed by atoms with E-state index in [2.05, 4.69) is 9.97 Å². The molecule has 0 unspecified atom stereocenters. The van der Waals surface area contributed by atoms with Crippen LogP contribution in [0, 0.1) is 6.92 Å². The first kappa shape index (κ1) is 7.50. The molecule has 14 heavy (non-hydrogen) atoms. The lowest BCUT2D eigenvalue weighted by Gasteiger charge is -1.89. The lowest BCUT2D eigenvalue weighted by atomic mass is 10.2. The van der Waals surface area contributed by atoms with Crippen LogP contribution in [-0.2, 0) is 0 Å². The van der Waals surface area contributed by atoms with Crippen molar-refractivity contribution < 1.29 is 4.42 Å². The van der Waals surface area contributed by atoms with Crippen LogP contribution in [-0.4, -0.2) is 9.97 Å². The highest BCUT2D eigenvalue weighted by Gasteiger charge is 2.07. The van der Waals surface area contributed by atoms with E-state index in [1.54, 1.807) is 6.20 Å². The van der Waals surface area contributed by atoms with Crippen molar-refractivity contribution in [1.29, 1.82) is 0 Å². The molecule has 0 N–H and O–H groups in total. The van der Waals surface area contributed by atoms with Gasteiger partial charge in [0.25, 0.3) is 0 Å². The third-order valence-corrected chi connectivity index (χ3v) is 2.25. The fourth-order valence-electron chi connectivity index (χ4n) is 1.58. The molecule has 0 spiro atoms.